The molecule has 0 N–H and O–H groups in total. The fraction of sp³-hybridized carbons (Fsp3) is 0.118. The van der Waals surface area contributed by atoms with E-state index in [1.165, 1.54) is 0 Å². The summed E-state index contributed by atoms with van der Waals surface area (Å²) in [4.78, 5) is 4.74. The van der Waals surface area contributed by atoms with E-state index in [2.05, 4.69) is 17.2 Å². The Labute approximate surface area is 118 Å². The van der Waals surface area contributed by atoms with Crippen LogP contribution in [0.2, 0.25) is 0 Å². The van der Waals surface area contributed by atoms with Gasteiger partial charge in [-0.1, -0.05) is 30.3 Å². The highest BCUT2D eigenvalue weighted by Crippen LogP contribution is 2.27. The molecular formula is C17H16N2O. The second-order valence-electron chi connectivity index (χ2n) is 4.56. The lowest BCUT2D eigenvalue weighted by atomic mass is 10.2. The summed E-state index contributed by atoms with van der Waals surface area (Å²) in [6, 6.07) is 16.1. The third-order valence-corrected chi connectivity index (χ3v) is 3.29. The molecule has 0 radical (unpaired) electrons. The predicted octanol–water partition coefficient (Wildman–Crippen LogP) is 3.90. The Hall–Kier alpha value is -2.55. The van der Waals surface area contributed by atoms with Gasteiger partial charge in [0, 0.05) is 12.1 Å². The van der Waals surface area contributed by atoms with E-state index in [-0.39, 0.29) is 0 Å². The van der Waals surface area contributed by atoms with Crippen molar-refractivity contribution in [3.63, 3.8) is 0 Å². The highest BCUT2D eigenvalue weighted by molar-refractivity contribution is 5.80. The lowest BCUT2D eigenvalue weighted by Crippen LogP contribution is -1.98. The molecule has 3 nitrogen and oxygen atoms in total. The van der Waals surface area contributed by atoms with Crippen LogP contribution in [0.5, 0.6) is 5.75 Å². The molecule has 3 aromatic rings. The molecule has 0 unspecified atom stereocenters. The number of aromatic nitrogens is 2. The standard InChI is InChI=1S/C17H16N2O/c1-3-11-19-16-10-5-4-9-15(16)18-17(19)13-7-6-8-14(12-13)20-2/h3-10,12H,1,11H2,2H3. The molecule has 0 fully saturated rings. The van der Waals surface area contributed by atoms with Gasteiger partial charge in [0.1, 0.15) is 11.6 Å². The number of hydrogen-bond acceptors (Lipinski definition) is 2. The van der Waals surface area contributed by atoms with Crippen molar-refractivity contribution in [3.05, 3.63) is 61.2 Å². The zero-order valence-electron chi connectivity index (χ0n) is 11.4. The van der Waals surface area contributed by atoms with Crippen LogP contribution in [0.3, 0.4) is 0 Å². The van der Waals surface area contributed by atoms with Crippen molar-refractivity contribution < 1.29 is 4.74 Å². The molecule has 1 heterocycles. The molecule has 0 aliphatic heterocycles. The number of hydrogen-bond donors (Lipinski definition) is 0. The SMILES string of the molecule is C=CCn1c(-c2cccc(OC)c2)nc2ccccc21. The highest BCUT2D eigenvalue weighted by Gasteiger charge is 2.11. The number of methoxy groups -OCH3 is 1. The van der Waals surface area contributed by atoms with Gasteiger partial charge in [-0.2, -0.15) is 0 Å². The Balaban J connectivity index is 2.23. The number of benzene rings is 2. The van der Waals surface area contributed by atoms with Gasteiger partial charge in [-0.15, -0.1) is 6.58 Å². The molecule has 0 aliphatic rings. The number of fused-ring (bicyclic) bond motifs is 1. The van der Waals surface area contributed by atoms with Crippen LogP contribution in [0, 0.1) is 0 Å². The van der Waals surface area contributed by atoms with Crippen LogP contribution in [0.15, 0.2) is 61.2 Å². The summed E-state index contributed by atoms with van der Waals surface area (Å²) in [5.74, 6) is 1.77. The fourth-order valence-corrected chi connectivity index (χ4v) is 2.37. The molecule has 3 rings (SSSR count). The Bertz CT molecular complexity index is 759. The van der Waals surface area contributed by atoms with Gasteiger partial charge in [-0.3, -0.25) is 0 Å². The summed E-state index contributed by atoms with van der Waals surface area (Å²) in [5.41, 5.74) is 3.15. The van der Waals surface area contributed by atoms with Crippen molar-refractivity contribution in [2.75, 3.05) is 7.11 Å². The molecule has 0 aliphatic carbocycles. The number of rotatable bonds is 4. The van der Waals surface area contributed by atoms with Crippen LogP contribution in [0.4, 0.5) is 0 Å². The highest BCUT2D eigenvalue weighted by atomic mass is 16.5. The van der Waals surface area contributed by atoms with Gasteiger partial charge in [0.25, 0.3) is 0 Å². The van der Waals surface area contributed by atoms with E-state index in [0.717, 1.165) is 34.7 Å². The van der Waals surface area contributed by atoms with Gasteiger partial charge in [-0.25, -0.2) is 4.98 Å². The molecular weight excluding hydrogens is 248 g/mol. The molecule has 0 saturated heterocycles. The largest absolute Gasteiger partial charge is 0.497 e. The van der Waals surface area contributed by atoms with Crippen LogP contribution < -0.4 is 4.74 Å². The minimum atomic E-state index is 0.729. The minimum Gasteiger partial charge on any atom is -0.497 e. The monoisotopic (exact) mass is 264 g/mol. The fourth-order valence-electron chi connectivity index (χ4n) is 2.37. The van der Waals surface area contributed by atoms with E-state index < -0.39 is 0 Å². The molecule has 100 valence electrons. The number of para-hydroxylation sites is 2. The first kappa shape index (κ1) is 12.5. The summed E-state index contributed by atoms with van der Waals surface area (Å²) < 4.78 is 7.46. The minimum absolute atomic E-state index is 0.729. The zero-order valence-corrected chi connectivity index (χ0v) is 11.4. The second kappa shape index (κ2) is 5.21. The maximum Gasteiger partial charge on any atom is 0.141 e. The van der Waals surface area contributed by atoms with Crippen molar-refractivity contribution in [2.45, 2.75) is 6.54 Å². The van der Waals surface area contributed by atoms with E-state index >= 15 is 0 Å². The lowest BCUT2D eigenvalue weighted by Gasteiger charge is -2.07. The van der Waals surface area contributed by atoms with Crippen molar-refractivity contribution in [3.8, 4) is 17.1 Å². The Kier molecular flexibility index (Phi) is 3.25. The van der Waals surface area contributed by atoms with Crippen LogP contribution in [0.1, 0.15) is 0 Å². The van der Waals surface area contributed by atoms with Crippen molar-refractivity contribution in [2.24, 2.45) is 0 Å². The second-order valence-corrected chi connectivity index (χ2v) is 4.56. The summed E-state index contributed by atoms with van der Waals surface area (Å²) in [6.45, 7) is 4.57. The number of ether oxygens (including phenoxy) is 1. The summed E-state index contributed by atoms with van der Waals surface area (Å²) in [5, 5.41) is 0. The molecule has 3 heteroatoms. The first-order valence-corrected chi connectivity index (χ1v) is 6.54. The maximum atomic E-state index is 5.29. The van der Waals surface area contributed by atoms with E-state index in [0.29, 0.717) is 0 Å². The van der Waals surface area contributed by atoms with E-state index in [4.69, 9.17) is 9.72 Å². The van der Waals surface area contributed by atoms with E-state index in [9.17, 15) is 0 Å². The van der Waals surface area contributed by atoms with Gasteiger partial charge < -0.3 is 9.30 Å². The van der Waals surface area contributed by atoms with Crippen molar-refractivity contribution in [1.82, 2.24) is 9.55 Å². The van der Waals surface area contributed by atoms with Crippen LogP contribution >= 0.6 is 0 Å². The Morgan fingerprint density at radius 2 is 2.05 bits per heavy atom. The number of imidazole rings is 1. The maximum absolute atomic E-state index is 5.29. The predicted molar refractivity (Wildman–Crippen MR) is 81.9 cm³/mol. The Morgan fingerprint density at radius 1 is 1.20 bits per heavy atom. The van der Waals surface area contributed by atoms with Gasteiger partial charge in [0.2, 0.25) is 0 Å². The smallest absolute Gasteiger partial charge is 0.141 e. The van der Waals surface area contributed by atoms with E-state index in [1.807, 2.05) is 48.5 Å². The third kappa shape index (κ3) is 2.07. The van der Waals surface area contributed by atoms with Gasteiger partial charge in [0.05, 0.1) is 18.1 Å². The molecule has 0 atom stereocenters. The summed E-state index contributed by atoms with van der Waals surface area (Å²) in [7, 11) is 1.67. The molecule has 0 amide bonds. The van der Waals surface area contributed by atoms with E-state index in [1.54, 1.807) is 7.11 Å². The van der Waals surface area contributed by atoms with Gasteiger partial charge in [0.15, 0.2) is 0 Å². The van der Waals surface area contributed by atoms with Gasteiger partial charge >= 0.3 is 0 Å². The molecule has 0 bridgehead atoms. The van der Waals surface area contributed by atoms with Crippen molar-refractivity contribution in [1.29, 1.82) is 0 Å². The molecule has 1 aromatic heterocycles. The number of nitrogens with zero attached hydrogens (tertiary/aromatic N) is 2. The van der Waals surface area contributed by atoms with Gasteiger partial charge in [-0.05, 0) is 24.3 Å². The third-order valence-electron chi connectivity index (χ3n) is 3.29. The van der Waals surface area contributed by atoms with Crippen LogP contribution in [0.25, 0.3) is 22.4 Å². The molecule has 0 spiro atoms. The average Bonchev–Trinajstić information content (AvgIpc) is 2.87. The van der Waals surface area contributed by atoms with Crippen molar-refractivity contribution >= 4 is 11.0 Å². The van der Waals surface area contributed by atoms with Crippen LogP contribution in [-0.4, -0.2) is 16.7 Å². The summed E-state index contributed by atoms with van der Waals surface area (Å²) >= 11 is 0. The molecule has 2 aromatic carbocycles. The first-order chi connectivity index (χ1) is 9.83. The summed E-state index contributed by atoms with van der Waals surface area (Å²) in [6.07, 6.45) is 1.89. The molecule has 0 saturated carbocycles. The lowest BCUT2D eigenvalue weighted by molar-refractivity contribution is 0.415. The zero-order chi connectivity index (χ0) is 13.9. The normalized spacial score (nSPS) is 10.7. The first-order valence-electron chi connectivity index (χ1n) is 6.54. The number of allylic oxidation sites excluding steroid dienone is 1. The quantitative estimate of drug-likeness (QED) is 0.668. The van der Waals surface area contributed by atoms with Crippen LogP contribution in [-0.2, 0) is 6.54 Å². The molecule has 20 heavy (non-hydrogen) atoms. The Morgan fingerprint density at radius 3 is 2.85 bits per heavy atom. The topological polar surface area (TPSA) is 27.1 Å². The average molecular weight is 264 g/mol.